The average molecular weight is 265 g/mol. The van der Waals surface area contributed by atoms with Crippen molar-refractivity contribution in [2.24, 2.45) is 11.1 Å². The number of nitro benzene ring substituents is 1. The van der Waals surface area contributed by atoms with Crippen LogP contribution in [0.2, 0.25) is 0 Å². The van der Waals surface area contributed by atoms with Gasteiger partial charge in [0.05, 0.1) is 16.0 Å². The SMILES string of the molecule is CCC(C)(CN)C(=O)Nc1cc([N+](=O)[O-])ccc1C. The minimum Gasteiger partial charge on any atom is -0.329 e. The number of amides is 1. The lowest BCUT2D eigenvalue weighted by atomic mass is 9.86. The van der Waals surface area contributed by atoms with Gasteiger partial charge in [0.2, 0.25) is 5.91 Å². The molecule has 0 aliphatic rings. The van der Waals surface area contributed by atoms with Crippen molar-refractivity contribution in [1.29, 1.82) is 0 Å². The van der Waals surface area contributed by atoms with Crippen molar-refractivity contribution in [2.45, 2.75) is 27.2 Å². The number of rotatable bonds is 5. The van der Waals surface area contributed by atoms with Gasteiger partial charge in [0.1, 0.15) is 0 Å². The molecule has 1 unspecified atom stereocenters. The summed E-state index contributed by atoms with van der Waals surface area (Å²) in [5, 5.41) is 13.5. The molecule has 19 heavy (non-hydrogen) atoms. The van der Waals surface area contributed by atoms with E-state index < -0.39 is 10.3 Å². The number of anilines is 1. The Morgan fingerprint density at radius 2 is 2.16 bits per heavy atom. The number of nitrogens with one attached hydrogen (secondary N) is 1. The zero-order chi connectivity index (χ0) is 14.6. The third-order valence-electron chi connectivity index (χ3n) is 3.46. The quantitative estimate of drug-likeness (QED) is 0.630. The van der Waals surface area contributed by atoms with Crippen molar-refractivity contribution in [3.63, 3.8) is 0 Å². The highest BCUT2D eigenvalue weighted by molar-refractivity contribution is 5.96. The van der Waals surface area contributed by atoms with Crippen molar-refractivity contribution in [3.05, 3.63) is 33.9 Å². The molecule has 0 aromatic heterocycles. The van der Waals surface area contributed by atoms with E-state index >= 15 is 0 Å². The summed E-state index contributed by atoms with van der Waals surface area (Å²) < 4.78 is 0. The fraction of sp³-hybridized carbons (Fsp3) is 0.462. The van der Waals surface area contributed by atoms with Crippen molar-refractivity contribution in [3.8, 4) is 0 Å². The van der Waals surface area contributed by atoms with Gasteiger partial charge < -0.3 is 11.1 Å². The van der Waals surface area contributed by atoms with E-state index in [9.17, 15) is 14.9 Å². The Hall–Kier alpha value is -1.95. The molecule has 0 fully saturated rings. The normalized spacial score (nSPS) is 13.7. The topological polar surface area (TPSA) is 98.3 Å². The molecule has 0 radical (unpaired) electrons. The molecular formula is C13H19N3O3. The molecule has 0 saturated carbocycles. The Labute approximate surface area is 112 Å². The van der Waals surface area contributed by atoms with Crippen molar-refractivity contribution in [2.75, 3.05) is 11.9 Å². The number of non-ortho nitro benzene ring substituents is 1. The van der Waals surface area contributed by atoms with Crippen LogP contribution in [0.3, 0.4) is 0 Å². The standard InChI is InChI=1S/C13H19N3O3/c1-4-13(3,8-14)12(17)15-11-7-10(16(18)19)6-5-9(11)2/h5-7H,4,8,14H2,1-3H3,(H,15,17). The lowest BCUT2D eigenvalue weighted by Gasteiger charge is -2.25. The molecule has 6 nitrogen and oxygen atoms in total. The maximum absolute atomic E-state index is 12.2. The van der Waals surface area contributed by atoms with Gasteiger partial charge in [-0.15, -0.1) is 0 Å². The van der Waals surface area contributed by atoms with Crippen LogP contribution >= 0.6 is 0 Å². The first-order chi connectivity index (χ1) is 8.84. The van der Waals surface area contributed by atoms with Gasteiger partial charge in [0, 0.05) is 18.7 Å². The van der Waals surface area contributed by atoms with E-state index in [1.165, 1.54) is 12.1 Å². The number of carbonyl (C=O) groups is 1. The average Bonchev–Trinajstić information content (AvgIpc) is 2.39. The largest absolute Gasteiger partial charge is 0.329 e. The Morgan fingerprint density at radius 3 is 2.63 bits per heavy atom. The molecule has 1 aromatic carbocycles. The summed E-state index contributed by atoms with van der Waals surface area (Å²) in [7, 11) is 0. The van der Waals surface area contributed by atoms with Crippen LogP contribution in [0.5, 0.6) is 0 Å². The van der Waals surface area contributed by atoms with Crippen LogP contribution in [0.15, 0.2) is 18.2 Å². The van der Waals surface area contributed by atoms with Gasteiger partial charge in [0.25, 0.3) is 5.69 Å². The van der Waals surface area contributed by atoms with E-state index in [1.807, 2.05) is 6.92 Å². The summed E-state index contributed by atoms with van der Waals surface area (Å²) in [6.45, 7) is 5.66. The van der Waals surface area contributed by atoms with Crippen LogP contribution in [0, 0.1) is 22.5 Å². The zero-order valence-electron chi connectivity index (χ0n) is 11.4. The first kappa shape index (κ1) is 15.1. The number of nitro groups is 1. The Morgan fingerprint density at radius 1 is 1.53 bits per heavy atom. The molecule has 1 atom stereocenters. The number of hydrogen-bond donors (Lipinski definition) is 2. The number of nitrogens with zero attached hydrogens (tertiary/aromatic N) is 1. The third-order valence-corrected chi connectivity index (χ3v) is 3.46. The molecule has 0 aliphatic heterocycles. The summed E-state index contributed by atoms with van der Waals surface area (Å²) in [4.78, 5) is 22.4. The molecule has 0 aliphatic carbocycles. The van der Waals surface area contributed by atoms with Crippen LogP contribution in [0.1, 0.15) is 25.8 Å². The third kappa shape index (κ3) is 3.29. The highest BCUT2D eigenvalue weighted by atomic mass is 16.6. The van der Waals surface area contributed by atoms with Crippen LogP contribution in [-0.4, -0.2) is 17.4 Å². The predicted octanol–water partition coefficient (Wildman–Crippen LogP) is 2.22. The van der Waals surface area contributed by atoms with Crippen LogP contribution < -0.4 is 11.1 Å². The second-order valence-corrected chi connectivity index (χ2v) is 4.83. The maximum Gasteiger partial charge on any atom is 0.271 e. The van der Waals surface area contributed by atoms with Gasteiger partial charge in [-0.1, -0.05) is 13.0 Å². The second kappa shape index (κ2) is 5.79. The molecule has 0 saturated heterocycles. The smallest absolute Gasteiger partial charge is 0.271 e. The van der Waals surface area contributed by atoms with Gasteiger partial charge in [-0.05, 0) is 25.8 Å². The fourth-order valence-corrected chi connectivity index (χ4v) is 1.53. The number of nitrogens with two attached hydrogens (primary N) is 1. The van der Waals surface area contributed by atoms with E-state index in [4.69, 9.17) is 5.73 Å². The van der Waals surface area contributed by atoms with Gasteiger partial charge in [-0.25, -0.2) is 0 Å². The second-order valence-electron chi connectivity index (χ2n) is 4.83. The monoisotopic (exact) mass is 265 g/mol. The minimum atomic E-state index is -0.670. The molecule has 0 spiro atoms. The van der Waals surface area contributed by atoms with Crippen LogP contribution in [0.25, 0.3) is 0 Å². The lowest BCUT2D eigenvalue weighted by molar-refractivity contribution is -0.384. The molecule has 1 rings (SSSR count). The Balaban J connectivity index is 3.02. The summed E-state index contributed by atoms with van der Waals surface area (Å²) >= 11 is 0. The minimum absolute atomic E-state index is 0.0492. The number of aryl methyl sites for hydroxylation is 1. The molecule has 0 heterocycles. The Bertz CT molecular complexity index is 496. The van der Waals surface area contributed by atoms with E-state index in [2.05, 4.69) is 5.32 Å². The number of carbonyl (C=O) groups excluding carboxylic acids is 1. The van der Waals surface area contributed by atoms with Gasteiger partial charge >= 0.3 is 0 Å². The van der Waals surface area contributed by atoms with E-state index in [0.29, 0.717) is 12.1 Å². The van der Waals surface area contributed by atoms with Crippen molar-refractivity contribution >= 4 is 17.3 Å². The Kier molecular flexibility index (Phi) is 4.61. The van der Waals surface area contributed by atoms with E-state index in [0.717, 1.165) is 5.56 Å². The molecule has 104 valence electrons. The van der Waals surface area contributed by atoms with E-state index in [1.54, 1.807) is 19.9 Å². The molecule has 1 aromatic rings. The molecule has 3 N–H and O–H groups in total. The predicted molar refractivity (Wildman–Crippen MR) is 73.9 cm³/mol. The molecular weight excluding hydrogens is 246 g/mol. The zero-order valence-corrected chi connectivity index (χ0v) is 11.4. The summed E-state index contributed by atoms with van der Waals surface area (Å²) in [5.41, 5.74) is 6.12. The highest BCUT2D eigenvalue weighted by Gasteiger charge is 2.30. The van der Waals surface area contributed by atoms with Crippen molar-refractivity contribution < 1.29 is 9.72 Å². The summed E-state index contributed by atoms with van der Waals surface area (Å²) in [5.74, 6) is -0.221. The lowest BCUT2D eigenvalue weighted by Crippen LogP contribution is -2.39. The first-order valence-corrected chi connectivity index (χ1v) is 6.10. The van der Waals surface area contributed by atoms with Crippen LogP contribution in [0.4, 0.5) is 11.4 Å². The van der Waals surface area contributed by atoms with Gasteiger partial charge in [0.15, 0.2) is 0 Å². The number of benzene rings is 1. The molecule has 1 amide bonds. The van der Waals surface area contributed by atoms with E-state index in [-0.39, 0.29) is 18.1 Å². The summed E-state index contributed by atoms with van der Waals surface area (Å²) in [6, 6.07) is 4.38. The summed E-state index contributed by atoms with van der Waals surface area (Å²) in [6.07, 6.45) is 0.601. The fourth-order valence-electron chi connectivity index (χ4n) is 1.53. The first-order valence-electron chi connectivity index (χ1n) is 6.10. The number of hydrogen-bond acceptors (Lipinski definition) is 4. The van der Waals surface area contributed by atoms with Crippen LogP contribution in [-0.2, 0) is 4.79 Å². The molecule has 6 heteroatoms. The van der Waals surface area contributed by atoms with Gasteiger partial charge in [-0.2, -0.15) is 0 Å². The molecule has 0 bridgehead atoms. The van der Waals surface area contributed by atoms with Crippen molar-refractivity contribution in [1.82, 2.24) is 0 Å². The maximum atomic E-state index is 12.2. The highest BCUT2D eigenvalue weighted by Crippen LogP contribution is 2.26. The van der Waals surface area contributed by atoms with Gasteiger partial charge in [-0.3, -0.25) is 14.9 Å².